The minimum absolute atomic E-state index is 0.0573. The number of amides is 1. The zero-order valence-corrected chi connectivity index (χ0v) is 12.2. The molecule has 0 radical (unpaired) electrons. The second-order valence-electron chi connectivity index (χ2n) is 5.44. The number of hydrogen-bond acceptors (Lipinski definition) is 3. The Morgan fingerprint density at radius 1 is 1.38 bits per heavy atom. The van der Waals surface area contributed by atoms with E-state index in [0.717, 1.165) is 19.5 Å². The van der Waals surface area contributed by atoms with Crippen molar-refractivity contribution in [1.82, 2.24) is 14.7 Å². The summed E-state index contributed by atoms with van der Waals surface area (Å²) in [6, 6.07) is 10.3. The van der Waals surface area contributed by atoms with Gasteiger partial charge in [-0.3, -0.25) is 9.48 Å². The topological polar surface area (TPSA) is 64.2 Å². The Labute approximate surface area is 124 Å². The van der Waals surface area contributed by atoms with Crippen LogP contribution in [0.15, 0.2) is 36.5 Å². The van der Waals surface area contributed by atoms with E-state index in [4.69, 9.17) is 5.73 Å². The van der Waals surface area contributed by atoms with Gasteiger partial charge in [-0.05, 0) is 18.9 Å². The van der Waals surface area contributed by atoms with E-state index in [2.05, 4.69) is 17.2 Å². The Kier molecular flexibility index (Phi) is 3.64. The number of nitrogen functional groups attached to an aromatic ring is 1. The van der Waals surface area contributed by atoms with E-state index >= 15 is 0 Å². The van der Waals surface area contributed by atoms with Crippen LogP contribution in [0.5, 0.6) is 0 Å². The number of carbonyl (C=O) groups excluding carboxylic acids is 1. The molecule has 0 bridgehead atoms. The summed E-state index contributed by atoms with van der Waals surface area (Å²) in [6.07, 6.45) is 2.71. The second-order valence-corrected chi connectivity index (χ2v) is 5.44. The van der Waals surface area contributed by atoms with Gasteiger partial charge in [0.2, 0.25) is 0 Å². The van der Waals surface area contributed by atoms with Crippen molar-refractivity contribution in [2.24, 2.45) is 0 Å². The van der Waals surface area contributed by atoms with Crippen molar-refractivity contribution in [2.75, 3.05) is 18.8 Å². The van der Waals surface area contributed by atoms with Crippen LogP contribution >= 0.6 is 0 Å². The molecule has 1 aliphatic heterocycles. The Morgan fingerprint density at radius 2 is 2.14 bits per heavy atom. The van der Waals surface area contributed by atoms with Crippen LogP contribution < -0.4 is 5.73 Å². The van der Waals surface area contributed by atoms with Gasteiger partial charge in [-0.1, -0.05) is 30.3 Å². The number of benzene rings is 1. The molecule has 0 saturated carbocycles. The van der Waals surface area contributed by atoms with E-state index in [1.165, 1.54) is 5.56 Å². The smallest absolute Gasteiger partial charge is 0.276 e. The molecule has 3 rings (SSSR count). The van der Waals surface area contributed by atoms with Crippen LogP contribution in [0.4, 0.5) is 5.69 Å². The van der Waals surface area contributed by atoms with Gasteiger partial charge >= 0.3 is 0 Å². The van der Waals surface area contributed by atoms with E-state index in [1.54, 1.807) is 10.9 Å². The van der Waals surface area contributed by atoms with Crippen LogP contribution in [0.3, 0.4) is 0 Å². The summed E-state index contributed by atoms with van der Waals surface area (Å²) >= 11 is 0. The fraction of sp³-hybridized carbons (Fsp3) is 0.375. The number of carbonyl (C=O) groups is 1. The monoisotopic (exact) mass is 284 g/mol. The zero-order valence-electron chi connectivity index (χ0n) is 12.2. The summed E-state index contributed by atoms with van der Waals surface area (Å²) < 4.78 is 1.70. The fourth-order valence-electron chi connectivity index (χ4n) is 2.86. The highest BCUT2D eigenvalue weighted by Gasteiger charge is 2.30. The first-order valence-corrected chi connectivity index (χ1v) is 7.36. The van der Waals surface area contributed by atoms with Crippen LogP contribution in [0.2, 0.25) is 0 Å². The predicted octanol–water partition coefficient (Wildman–Crippen LogP) is 2.11. The summed E-state index contributed by atoms with van der Waals surface area (Å²) in [4.78, 5) is 14.4. The van der Waals surface area contributed by atoms with Gasteiger partial charge in [0.1, 0.15) is 0 Å². The lowest BCUT2D eigenvalue weighted by molar-refractivity contribution is 0.0785. The van der Waals surface area contributed by atoms with Gasteiger partial charge in [0.15, 0.2) is 5.69 Å². The number of anilines is 1. The maximum absolute atomic E-state index is 12.5. The number of hydrogen-bond donors (Lipinski definition) is 1. The van der Waals surface area contributed by atoms with E-state index in [-0.39, 0.29) is 5.91 Å². The molecule has 2 heterocycles. The van der Waals surface area contributed by atoms with Crippen molar-refractivity contribution in [1.29, 1.82) is 0 Å². The molecule has 0 spiro atoms. The lowest BCUT2D eigenvalue weighted by Crippen LogP contribution is -2.29. The Morgan fingerprint density at radius 3 is 2.81 bits per heavy atom. The Bertz CT molecular complexity index is 635. The van der Waals surface area contributed by atoms with Crippen molar-refractivity contribution in [3.05, 3.63) is 47.8 Å². The number of likely N-dealkylation sites (tertiary alicyclic amines) is 1. The number of aryl methyl sites for hydroxylation is 1. The summed E-state index contributed by atoms with van der Waals surface area (Å²) in [5.74, 6) is 0.350. The molecule has 2 aromatic rings. The quantitative estimate of drug-likeness (QED) is 0.939. The molecule has 1 unspecified atom stereocenters. The van der Waals surface area contributed by atoms with Crippen LogP contribution in [0.25, 0.3) is 0 Å². The molecule has 1 amide bonds. The SMILES string of the molecule is CCn1cc(N)c(C(=O)N2CCC(c3ccccc3)C2)n1. The van der Waals surface area contributed by atoms with E-state index in [0.29, 0.717) is 23.8 Å². The standard InChI is InChI=1S/C16H20N4O/c1-2-20-11-14(17)15(18-20)16(21)19-9-8-13(10-19)12-6-4-3-5-7-12/h3-7,11,13H,2,8-10,17H2,1H3. The normalized spacial score (nSPS) is 18.1. The molecule has 1 aromatic heterocycles. The highest BCUT2D eigenvalue weighted by Crippen LogP contribution is 2.28. The molecular weight excluding hydrogens is 264 g/mol. The van der Waals surface area contributed by atoms with Gasteiger partial charge in [0.05, 0.1) is 5.69 Å². The number of aromatic nitrogens is 2. The van der Waals surface area contributed by atoms with Crippen molar-refractivity contribution in [3.63, 3.8) is 0 Å². The molecular formula is C16H20N4O. The molecule has 1 fully saturated rings. The predicted molar refractivity (Wildman–Crippen MR) is 82.0 cm³/mol. The van der Waals surface area contributed by atoms with Gasteiger partial charge in [0.25, 0.3) is 5.91 Å². The van der Waals surface area contributed by atoms with E-state index in [9.17, 15) is 4.79 Å². The minimum atomic E-state index is -0.0573. The van der Waals surface area contributed by atoms with Gasteiger partial charge in [-0.15, -0.1) is 0 Å². The van der Waals surface area contributed by atoms with Gasteiger partial charge < -0.3 is 10.6 Å². The maximum atomic E-state index is 12.5. The molecule has 1 atom stereocenters. The van der Waals surface area contributed by atoms with Gasteiger partial charge in [-0.25, -0.2) is 0 Å². The van der Waals surface area contributed by atoms with Crippen LogP contribution in [-0.2, 0) is 6.54 Å². The second kappa shape index (κ2) is 5.60. The highest BCUT2D eigenvalue weighted by atomic mass is 16.2. The minimum Gasteiger partial charge on any atom is -0.396 e. The van der Waals surface area contributed by atoms with Gasteiger partial charge in [0, 0.05) is 31.7 Å². The molecule has 1 saturated heterocycles. The van der Waals surface area contributed by atoms with Crippen LogP contribution in [0.1, 0.15) is 35.3 Å². The van der Waals surface area contributed by atoms with Crippen molar-refractivity contribution < 1.29 is 4.79 Å². The Hall–Kier alpha value is -2.30. The maximum Gasteiger partial charge on any atom is 0.276 e. The zero-order chi connectivity index (χ0) is 14.8. The lowest BCUT2D eigenvalue weighted by Gasteiger charge is -2.15. The van der Waals surface area contributed by atoms with Crippen molar-refractivity contribution in [3.8, 4) is 0 Å². The molecule has 21 heavy (non-hydrogen) atoms. The largest absolute Gasteiger partial charge is 0.396 e. The third-order valence-electron chi connectivity index (χ3n) is 4.06. The molecule has 5 nitrogen and oxygen atoms in total. The number of nitrogens with zero attached hydrogens (tertiary/aromatic N) is 3. The number of nitrogens with two attached hydrogens (primary N) is 1. The molecule has 110 valence electrons. The lowest BCUT2D eigenvalue weighted by atomic mass is 9.99. The molecule has 2 N–H and O–H groups in total. The summed E-state index contributed by atoms with van der Waals surface area (Å²) in [7, 11) is 0. The third kappa shape index (κ3) is 2.63. The van der Waals surface area contributed by atoms with E-state index in [1.807, 2.05) is 30.0 Å². The van der Waals surface area contributed by atoms with Gasteiger partial charge in [-0.2, -0.15) is 5.10 Å². The molecule has 0 aliphatic carbocycles. The summed E-state index contributed by atoms with van der Waals surface area (Å²) in [5, 5.41) is 4.27. The van der Waals surface area contributed by atoms with E-state index < -0.39 is 0 Å². The first kappa shape index (κ1) is 13.7. The van der Waals surface area contributed by atoms with Crippen LogP contribution in [0, 0.1) is 0 Å². The van der Waals surface area contributed by atoms with Crippen molar-refractivity contribution in [2.45, 2.75) is 25.8 Å². The molecule has 1 aliphatic rings. The molecule has 5 heteroatoms. The molecule has 1 aromatic carbocycles. The average molecular weight is 284 g/mol. The first-order chi connectivity index (χ1) is 10.2. The summed E-state index contributed by atoms with van der Waals surface area (Å²) in [5.41, 5.74) is 8.04. The highest BCUT2D eigenvalue weighted by molar-refractivity contribution is 5.97. The summed E-state index contributed by atoms with van der Waals surface area (Å²) in [6.45, 7) is 4.18. The first-order valence-electron chi connectivity index (χ1n) is 7.36. The third-order valence-corrected chi connectivity index (χ3v) is 4.06. The average Bonchev–Trinajstić information content (AvgIpc) is 3.14. The van der Waals surface area contributed by atoms with Crippen LogP contribution in [-0.4, -0.2) is 33.7 Å². The van der Waals surface area contributed by atoms with Crippen molar-refractivity contribution >= 4 is 11.6 Å². The Balaban J connectivity index is 1.73. The number of rotatable bonds is 3. The fourth-order valence-corrected chi connectivity index (χ4v) is 2.86.